The summed E-state index contributed by atoms with van der Waals surface area (Å²) in [5.74, 6) is 0.297. The lowest BCUT2D eigenvalue weighted by Gasteiger charge is -2.23. The van der Waals surface area contributed by atoms with Crippen LogP contribution in [0, 0.1) is 0 Å². The first kappa shape index (κ1) is 25.0. The number of esters is 1. The molecule has 2 unspecified atom stereocenters. The maximum Gasteiger partial charge on any atom is 0.407 e. The number of hydrogen-bond donors (Lipinski definition) is 2. The van der Waals surface area contributed by atoms with E-state index in [4.69, 9.17) is 18.9 Å². The number of aliphatic hydroxyl groups is 1. The first-order valence-corrected chi connectivity index (χ1v) is 10.7. The van der Waals surface area contributed by atoms with Crippen molar-refractivity contribution in [1.82, 2.24) is 5.32 Å². The molecule has 0 heterocycles. The quantitative estimate of drug-likeness (QED) is 0.484. The molecule has 2 aromatic rings. The third-order valence-corrected chi connectivity index (χ3v) is 4.49. The fourth-order valence-electron chi connectivity index (χ4n) is 3.02. The topological polar surface area (TPSA) is 103 Å². The van der Waals surface area contributed by atoms with E-state index in [2.05, 4.69) is 5.32 Å². The van der Waals surface area contributed by atoms with Crippen LogP contribution in [0.3, 0.4) is 0 Å². The molecule has 0 bridgehead atoms. The van der Waals surface area contributed by atoms with Crippen molar-refractivity contribution in [2.75, 3.05) is 19.8 Å². The van der Waals surface area contributed by atoms with Crippen molar-refractivity contribution >= 4 is 12.1 Å². The third kappa shape index (κ3) is 7.77. The summed E-state index contributed by atoms with van der Waals surface area (Å²) in [7, 11) is 0. The van der Waals surface area contributed by atoms with E-state index in [1.165, 1.54) is 0 Å². The van der Waals surface area contributed by atoms with Gasteiger partial charge in [0.2, 0.25) is 0 Å². The fraction of sp³-hybridized carbons (Fsp3) is 0.417. The lowest BCUT2D eigenvalue weighted by Crippen LogP contribution is -2.49. The molecule has 1 amide bonds. The number of benzene rings is 2. The monoisotopic (exact) mass is 445 g/mol. The van der Waals surface area contributed by atoms with E-state index in [9.17, 15) is 14.7 Å². The van der Waals surface area contributed by atoms with Crippen LogP contribution < -0.4 is 14.8 Å². The van der Waals surface area contributed by atoms with Crippen LogP contribution in [0.1, 0.15) is 31.9 Å². The number of rotatable bonds is 12. The first-order chi connectivity index (χ1) is 15.5. The summed E-state index contributed by atoms with van der Waals surface area (Å²) < 4.78 is 21.4. The van der Waals surface area contributed by atoms with Crippen molar-refractivity contribution in [3.05, 3.63) is 59.7 Å². The van der Waals surface area contributed by atoms with Crippen LogP contribution in [0.15, 0.2) is 48.5 Å². The Hall–Kier alpha value is -3.26. The summed E-state index contributed by atoms with van der Waals surface area (Å²) in [5.41, 5.74) is 1.52. The fourth-order valence-corrected chi connectivity index (χ4v) is 3.02. The van der Waals surface area contributed by atoms with E-state index in [1.54, 1.807) is 25.1 Å². The highest BCUT2D eigenvalue weighted by Gasteiger charge is 2.30. The van der Waals surface area contributed by atoms with Crippen molar-refractivity contribution < 1.29 is 33.6 Å². The molecule has 0 spiro atoms. The summed E-state index contributed by atoms with van der Waals surface area (Å²) in [6.07, 6.45) is -2.18. The number of aliphatic hydroxyl groups excluding tert-OH is 1. The molecule has 8 nitrogen and oxygen atoms in total. The van der Waals surface area contributed by atoms with Crippen LogP contribution in [0.2, 0.25) is 0 Å². The summed E-state index contributed by atoms with van der Waals surface area (Å²) in [5, 5.41) is 13.2. The average Bonchev–Trinajstić information content (AvgIpc) is 2.79. The Balaban J connectivity index is 2.15. The molecule has 0 aliphatic carbocycles. The van der Waals surface area contributed by atoms with Gasteiger partial charge < -0.3 is 29.4 Å². The maximum absolute atomic E-state index is 12.5. The summed E-state index contributed by atoms with van der Waals surface area (Å²) in [6.45, 7) is 6.51. The molecule has 8 heteroatoms. The zero-order chi connectivity index (χ0) is 23.3. The van der Waals surface area contributed by atoms with Gasteiger partial charge in [-0.1, -0.05) is 36.4 Å². The zero-order valence-electron chi connectivity index (χ0n) is 18.7. The van der Waals surface area contributed by atoms with E-state index >= 15 is 0 Å². The van der Waals surface area contributed by atoms with Gasteiger partial charge in [-0.2, -0.15) is 0 Å². The molecule has 2 atom stereocenters. The van der Waals surface area contributed by atoms with Gasteiger partial charge >= 0.3 is 12.1 Å². The second kappa shape index (κ2) is 13.2. The molecule has 2 N–H and O–H groups in total. The van der Waals surface area contributed by atoms with E-state index in [0.717, 1.165) is 11.1 Å². The Morgan fingerprint density at radius 3 is 2.22 bits per heavy atom. The second-order valence-corrected chi connectivity index (χ2v) is 6.86. The second-order valence-electron chi connectivity index (χ2n) is 6.86. The van der Waals surface area contributed by atoms with E-state index in [1.807, 2.05) is 44.2 Å². The Labute approximate surface area is 188 Å². The molecule has 0 aliphatic heterocycles. The molecule has 2 rings (SSSR count). The summed E-state index contributed by atoms with van der Waals surface area (Å²) in [4.78, 5) is 24.5. The van der Waals surface area contributed by atoms with Crippen LogP contribution in [0.5, 0.6) is 11.5 Å². The number of carbonyl (C=O) groups excluding carboxylic acids is 2. The van der Waals surface area contributed by atoms with Crippen LogP contribution in [0.25, 0.3) is 0 Å². The van der Waals surface area contributed by atoms with Gasteiger partial charge in [0, 0.05) is 0 Å². The number of hydrogen-bond acceptors (Lipinski definition) is 7. The van der Waals surface area contributed by atoms with Gasteiger partial charge in [-0.15, -0.1) is 0 Å². The highest BCUT2D eigenvalue weighted by molar-refractivity contribution is 5.77. The first-order valence-electron chi connectivity index (χ1n) is 10.7. The number of nitrogens with one attached hydrogen (secondary N) is 1. The van der Waals surface area contributed by atoms with Gasteiger partial charge in [0.05, 0.1) is 25.9 Å². The van der Waals surface area contributed by atoms with Gasteiger partial charge in [0.1, 0.15) is 6.61 Å². The highest BCUT2D eigenvalue weighted by atomic mass is 16.6. The minimum atomic E-state index is -1.59. The van der Waals surface area contributed by atoms with Gasteiger partial charge in [0.15, 0.2) is 17.6 Å². The standard InChI is InChI=1S/C24H31NO7/c1-4-29-20-13-12-18(15-21(20)30-5-2)14-19(25-24(28)31-6-3)22(26)23(27)32-16-17-10-8-7-9-11-17/h7-13,15,19,22,26H,4-6,14,16H2,1-3H3,(H,25,28). The van der Waals surface area contributed by atoms with Crippen molar-refractivity contribution in [2.45, 2.75) is 45.9 Å². The van der Waals surface area contributed by atoms with Gasteiger partial charge in [0.25, 0.3) is 0 Å². The third-order valence-electron chi connectivity index (χ3n) is 4.49. The Morgan fingerprint density at radius 1 is 0.875 bits per heavy atom. The van der Waals surface area contributed by atoms with Crippen LogP contribution in [-0.4, -0.2) is 49.1 Å². The predicted octanol–water partition coefficient (Wildman–Crippen LogP) is 3.25. The molecule has 0 radical (unpaired) electrons. The molecule has 0 aliphatic rings. The Bertz CT molecular complexity index is 857. The van der Waals surface area contributed by atoms with Crippen molar-refractivity contribution in [3.63, 3.8) is 0 Å². The van der Waals surface area contributed by atoms with Crippen molar-refractivity contribution in [2.24, 2.45) is 0 Å². The highest BCUT2D eigenvalue weighted by Crippen LogP contribution is 2.29. The van der Waals surface area contributed by atoms with E-state index in [0.29, 0.717) is 24.7 Å². The minimum absolute atomic E-state index is 0.0143. The zero-order valence-corrected chi connectivity index (χ0v) is 18.7. The van der Waals surface area contributed by atoms with Crippen molar-refractivity contribution in [3.8, 4) is 11.5 Å². The molecule has 0 aromatic heterocycles. The predicted molar refractivity (Wildman–Crippen MR) is 119 cm³/mol. The van der Waals surface area contributed by atoms with Crippen LogP contribution in [-0.2, 0) is 27.3 Å². The largest absolute Gasteiger partial charge is 0.490 e. The minimum Gasteiger partial charge on any atom is -0.490 e. The Morgan fingerprint density at radius 2 is 1.56 bits per heavy atom. The molecule has 0 fully saturated rings. The summed E-state index contributed by atoms with van der Waals surface area (Å²) >= 11 is 0. The van der Waals surface area contributed by atoms with Gasteiger partial charge in [-0.05, 0) is 50.5 Å². The van der Waals surface area contributed by atoms with E-state index < -0.39 is 24.2 Å². The van der Waals surface area contributed by atoms with Gasteiger partial charge in [-0.3, -0.25) is 0 Å². The van der Waals surface area contributed by atoms with Crippen LogP contribution in [0.4, 0.5) is 4.79 Å². The SMILES string of the molecule is CCOC(=O)NC(Cc1ccc(OCC)c(OCC)c1)C(O)C(=O)OCc1ccccc1. The van der Waals surface area contributed by atoms with Crippen LogP contribution >= 0.6 is 0 Å². The number of ether oxygens (including phenoxy) is 4. The lowest BCUT2D eigenvalue weighted by molar-refractivity contribution is -0.156. The summed E-state index contributed by atoms with van der Waals surface area (Å²) in [6, 6.07) is 13.5. The molecule has 0 saturated carbocycles. The molecule has 32 heavy (non-hydrogen) atoms. The Kier molecular flexibility index (Phi) is 10.3. The van der Waals surface area contributed by atoms with E-state index in [-0.39, 0.29) is 19.6 Å². The lowest BCUT2D eigenvalue weighted by atomic mass is 10.0. The molecule has 0 saturated heterocycles. The number of amides is 1. The number of carbonyl (C=O) groups is 2. The maximum atomic E-state index is 12.5. The molecule has 174 valence electrons. The number of alkyl carbamates (subject to hydrolysis) is 1. The molecular weight excluding hydrogens is 414 g/mol. The van der Waals surface area contributed by atoms with Crippen molar-refractivity contribution in [1.29, 1.82) is 0 Å². The molecule has 2 aromatic carbocycles. The normalized spacial score (nSPS) is 12.4. The molecular formula is C24H31NO7. The average molecular weight is 446 g/mol. The van der Waals surface area contributed by atoms with Gasteiger partial charge in [-0.25, -0.2) is 9.59 Å². The smallest absolute Gasteiger partial charge is 0.407 e.